The third-order valence-corrected chi connectivity index (χ3v) is 6.15. The van der Waals surface area contributed by atoms with E-state index in [1.807, 2.05) is 17.0 Å². The number of piperazine rings is 1. The first-order chi connectivity index (χ1) is 14.5. The zero-order valence-corrected chi connectivity index (χ0v) is 17.7. The second-order valence-electron chi connectivity index (χ2n) is 8.37. The average molecular weight is 408 g/mol. The molecule has 2 saturated heterocycles. The SMILES string of the molecule is Cc1ccc(N2CCN(C(=O)c3ccc(N4CC(CO)CC4=O)cc3)CC2)c(C)c1. The summed E-state index contributed by atoms with van der Waals surface area (Å²) in [4.78, 5) is 31.0. The average Bonchev–Trinajstić information content (AvgIpc) is 3.14. The fourth-order valence-corrected chi connectivity index (χ4v) is 4.43. The first-order valence-electron chi connectivity index (χ1n) is 10.6. The number of hydrogen-bond acceptors (Lipinski definition) is 4. The van der Waals surface area contributed by atoms with Crippen molar-refractivity contribution < 1.29 is 14.7 Å². The Bertz CT molecular complexity index is 933. The maximum Gasteiger partial charge on any atom is 0.253 e. The highest BCUT2D eigenvalue weighted by molar-refractivity contribution is 5.98. The third-order valence-electron chi connectivity index (χ3n) is 6.15. The number of aliphatic hydroxyl groups excluding tert-OH is 1. The van der Waals surface area contributed by atoms with Crippen LogP contribution in [0.3, 0.4) is 0 Å². The summed E-state index contributed by atoms with van der Waals surface area (Å²) in [5, 5.41) is 9.30. The first-order valence-corrected chi connectivity index (χ1v) is 10.6. The largest absolute Gasteiger partial charge is 0.396 e. The van der Waals surface area contributed by atoms with E-state index in [-0.39, 0.29) is 24.3 Å². The number of anilines is 2. The van der Waals surface area contributed by atoms with Gasteiger partial charge in [0, 0.05) is 68.6 Å². The normalized spacial score (nSPS) is 19.5. The Balaban J connectivity index is 1.38. The smallest absolute Gasteiger partial charge is 0.253 e. The number of rotatable bonds is 4. The van der Waals surface area contributed by atoms with Gasteiger partial charge in [0.15, 0.2) is 0 Å². The maximum absolute atomic E-state index is 12.9. The molecule has 1 N–H and O–H groups in total. The zero-order chi connectivity index (χ0) is 21.3. The molecule has 6 heteroatoms. The minimum Gasteiger partial charge on any atom is -0.396 e. The van der Waals surface area contributed by atoms with Gasteiger partial charge < -0.3 is 19.8 Å². The molecule has 4 rings (SSSR count). The molecule has 2 heterocycles. The lowest BCUT2D eigenvalue weighted by Gasteiger charge is -2.37. The molecule has 0 aliphatic carbocycles. The molecule has 2 aromatic rings. The van der Waals surface area contributed by atoms with Crippen molar-refractivity contribution in [3.8, 4) is 0 Å². The summed E-state index contributed by atoms with van der Waals surface area (Å²) in [7, 11) is 0. The lowest BCUT2D eigenvalue weighted by molar-refractivity contribution is -0.117. The molecule has 30 heavy (non-hydrogen) atoms. The van der Waals surface area contributed by atoms with Crippen LogP contribution in [0, 0.1) is 19.8 Å². The molecule has 2 aliphatic heterocycles. The number of hydrogen-bond donors (Lipinski definition) is 1. The van der Waals surface area contributed by atoms with E-state index in [4.69, 9.17) is 0 Å². The van der Waals surface area contributed by atoms with Crippen molar-refractivity contribution in [2.75, 3.05) is 49.1 Å². The van der Waals surface area contributed by atoms with Gasteiger partial charge in [0.1, 0.15) is 0 Å². The Labute approximate surface area is 177 Å². The maximum atomic E-state index is 12.9. The number of aryl methyl sites for hydroxylation is 2. The summed E-state index contributed by atoms with van der Waals surface area (Å²) in [6, 6.07) is 13.8. The van der Waals surface area contributed by atoms with Gasteiger partial charge in [0.2, 0.25) is 5.91 Å². The molecule has 2 fully saturated rings. The summed E-state index contributed by atoms with van der Waals surface area (Å²) in [6.07, 6.45) is 0.377. The lowest BCUT2D eigenvalue weighted by atomic mass is 10.1. The van der Waals surface area contributed by atoms with E-state index >= 15 is 0 Å². The Hall–Kier alpha value is -2.86. The van der Waals surface area contributed by atoms with Crippen molar-refractivity contribution in [1.29, 1.82) is 0 Å². The van der Waals surface area contributed by atoms with Crippen LogP contribution in [0.2, 0.25) is 0 Å². The lowest BCUT2D eigenvalue weighted by Crippen LogP contribution is -2.49. The molecular weight excluding hydrogens is 378 g/mol. The van der Waals surface area contributed by atoms with Crippen LogP contribution in [0.5, 0.6) is 0 Å². The van der Waals surface area contributed by atoms with E-state index in [2.05, 4.69) is 36.9 Å². The van der Waals surface area contributed by atoms with Crippen molar-refractivity contribution in [3.05, 3.63) is 59.2 Å². The highest BCUT2D eigenvalue weighted by Crippen LogP contribution is 2.26. The summed E-state index contributed by atoms with van der Waals surface area (Å²) in [5.41, 5.74) is 5.20. The predicted molar refractivity (Wildman–Crippen MR) is 118 cm³/mol. The van der Waals surface area contributed by atoms with Crippen LogP contribution in [0.25, 0.3) is 0 Å². The zero-order valence-electron chi connectivity index (χ0n) is 17.7. The predicted octanol–water partition coefficient (Wildman–Crippen LogP) is 2.61. The topological polar surface area (TPSA) is 64.1 Å². The molecule has 2 aliphatic rings. The summed E-state index contributed by atoms with van der Waals surface area (Å²) >= 11 is 0. The van der Waals surface area contributed by atoms with Gasteiger partial charge in [-0.1, -0.05) is 17.7 Å². The van der Waals surface area contributed by atoms with Crippen molar-refractivity contribution in [3.63, 3.8) is 0 Å². The van der Waals surface area contributed by atoms with Crippen LogP contribution in [0.15, 0.2) is 42.5 Å². The van der Waals surface area contributed by atoms with Gasteiger partial charge in [0.05, 0.1) is 0 Å². The molecule has 0 aromatic heterocycles. The Morgan fingerprint density at radius 3 is 2.33 bits per heavy atom. The minimum absolute atomic E-state index is 0.00716. The van der Waals surface area contributed by atoms with E-state index in [9.17, 15) is 14.7 Å². The van der Waals surface area contributed by atoms with E-state index in [0.29, 0.717) is 31.6 Å². The van der Waals surface area contributed by atoms with Crippen molar-refractivity contribution in [2.45, 2.75) is 20.3 Å². The van der Waals surface area contributed by atoms with Gasteiger partial charge in [-0.05, 0) is 49.7 Å². The second-order valence-corrected chi connectivity index (χ2v) is 8.37. The molecule has 2 amide bonds. The monoisotopic (exact) mass is 407 g/mol. The minimum atomic E-state index is -0.00716. The van der Waals surface area contributed by atoms with Crippen LogP contribution in [-0.4, -0.2) is 61.2 Å². The molecule has 6 nitrogen and oxygen atoms in total. The highest BCUT2D eigenvalue weighted by Gasteiger charge is 2.30. The first kappa shape index (κ1) is 20.4. The fourth-order valence-electron chi connectivity index (χ4n) is 4.43. The summed E-state index contributed by atoms with van der Waals surface area (Å²) < 4.78 is 0. The van der Waals surface area contributed by atoms with E-state index in [0.717, 1.165) is 18.8 Å². The molecule has 0 bridgehead atoms. The van der Waals surface area contributed by atoms with Crippen molar-refractivity contribution in [2.24, 2.45) is 5.92 Å². The van der Waals surface area contributed by atoms with E-state index in [1.165, 1.54) is 16.8 Å². The van der Waals surface area contributed by atoms with Crippen LogP contribution < -0.4 is 9.80 Å². The number of carbonyl (C=O) groups excluding carboxylic acids is 2. The van der Waals surface area contributed by atoms with Gasteiger partial charge in [-0.15, -0.1) is 0 Å². The second kappa shape index (κ2) is 8.48. The number of amides is 2. The van der Waals surface area contributed by atoms with Crippen molar-refractivity contribution in [1.82, 2.24) is 4.90 Å². The molecule has 0 radical (unpaired) electrons. The molecule has 1 atom stereocenters. The quantitative estimate of drug-likeness (QED) is 0.846. The number of nitrogens with zero attached hydrogens (tertiary/aromatic N) is 3. The molecule has 1 unspecified atom stereocenters. The van der Waals surface area contributed by atoms with Gasteiger partial charge >= 0.3 is 0 Å². The van der Waals surface area contributed by atoms with Gasteiger partial charge in [-0.25, -0.2) is 0 Å². The van der Waals surface area contributed by atoms with Crippen LogP contribution >= 0.6 is 0 Å². The molecule has 2 aromatic carbocycles. The van der Waals surface area contributed by atoms with Gasteiger partial charge in [0.25, 0.3) is 5.91 Å². The molecular formula is C24H29N3O3. The Morgan fingerprint density at radius 2 is 1.73 bits per heavy atom. The van der Waals surface area contributed by atoms with Gasteiger partial charge in [-0.2, -0.15) is 0 Å². The molecule has 0 saturated carbocycles. The standard InChI is InChI=1S/C24H29N3O3/c1-17-3-8-22(18(2)13-17)25-9-11-26(12-10-25)24(30)20-4-6-21(7-5-20)27-15-19(16-28)14-23(27)29/h3-8,13,19,28H,9-12,14-16H2,1-2H3. The number of aliphatic hydroxyl groups is 1. The van der Waals surface area contributed by atoms with E-state index < -0.39 is 0 Å². The number of carbonyl (C=O) groups is 2. The van der Waals surface area contributed by atoms with Crippen LogP contribution in [-0.2, 0) is 4.79 Å². The summed E-state index contributed by atoms with van der Waals surface area (Å²) in [6.45, 7) is 7.80. The van der Waals surface area contributed by atoms with Gasteiger partial charge in [-0.3, -0.25) is 9.59 Å². The van der Waals surface area contributed by atoms with Crippen molar-refractivity contribution >= 4 is 23.2 Å². The Morgan fingerprint density at radius 1 is 1.03 bits per heavy atom. The van der Waals surface area contributed by atoms with E-state index in [1.54, 1.807) is 17.0 Å². The number of benzene rings is 2. The fraction of sp³-hybridized carbons (Fsp3) is 0.417. The molecule has 158 valence electrons. The summed E-state index contributed by atoms with van der Waals surface area (Å²) in [5.74, 6) is 0.0470. The Kier molecular flexibility index (Phi) is 5.77. The van der Waals surface area contributed by atoms with Crippen LogP contribution in [0.1, 0.15) is 27.9 Å². The highest BCUT2D eigenvalue weighted by atomic mass is 16.3. The molecule has 0 spiro atoms. The third kappa shape index (κ3) is 4.05. The van der Waals surface area contributed by atoms with Crippen LogP contribution in [0.4, 0.5) is 11.4 Å².